The molecule has 0 aromatic carbocycles. The highest BCUT2D eigenvalue weighted by Gasteiger charge is 2.31. The van der Waals surface area contributed by atoms with Crippen LogP contribution in [0, 0.1) is 0 Å². The number of carbonyl (C=O) groups excluding carboxylic acids is 1. The van der Waals surface area contributed by atoms with Crippen LogP contribution in [0.15, 0.2) is 16.7 Å². The summed E-state index contributed by atoms with van der Waals surface area (Å²) in [5, 5.41) is 0.602. The average Bonchev–Trinajstić information content (AvgIpc) is 3.21. The van der Waals surface area contributed by atoms with Gasteiger partial charge in [0.15, 0.2) is 0 Å². The average molecular weight is 343 g/mol. The topological polar surface area (TPSA) is 25.2 Å². The Morgan fingerprint density at radius 3 is 3.00 bits per heavy atom. The van der Waals surface area contributed by atoms with Crippen LogP contribution in [0.2, 0.25) is 0 Å². The van der Waals surface area contributed by atoms with Gasteiger partial charge in [-0.1, -0.05) is 6.92 Å². The van der Waals surface area contributed by atoms with E-state index in [1.54, 1.807) is 0 Å². The molecule has 0 radical (unpaired) electrons. The monoisotopic (exact) mass is 342 g/mol. The van der Waals surface area contributed by atoms with Crippen molar-refractivity contribution >= 4 is 33.6 Å². The Balaban J connectivity index is 1.79. The molecule has 104 valence electrons. The van der Waals surface area contributed by atoms with Crippen LogP contribution in [-0.4, -0.2) is 39.5 Å². The zero-order chi connectivity index (χ0) is 13.4. The normalized spacial score (nSPS) is 23.7. The van der Waals surface area contributed by atoms with Crippen molar-refractivity contribution in [2.24, 2.45) is 0 Å². The van der Waals surface area contributed by atoms with E-state index in [1.165, 1.54) is 12.8 Å². The van der Waals surface area contributed by atoms with Gasteiger partial charge in [0.05, 0.1) is 0 Å². The first kappa shape index (κ1) is 13.6. The van der Waals surface area contributed by atoms with Crippen molar-refractivity contribution in [3.63, 3.8) is 0 Å². The maximum atomic E-state index is 12.7. The van der Waals surface area contributed by atoms with Crippen LogP contribution in [0.5, 0.6) is 0 Å². The summed E-state index contributed by atoms with van der Waals surface area (Å²) in [6, 6.07) is 2.52. The fraction of sp³-hybridized carbons (Fsp3) is 0.643. The Morgan fingerprint density at radius 1 is 1.53 bits per heavy atom. The summed E-state index contributed by atoms with van der Waals surface area (Å²) >= 11 is 5.50. The van der Waals surface area contributed by atoms with Crippen molar-refractivity contribution in [3.8, 4) is 0 Å². The van der Waals surface area contributed by atoms with Gasteiger partial charge in [-0.05, 0) is 41.3 Å². The lowest BCUT2D eigenvalue weighted by Gasteiger charge is -2.32. The van der Waals surface area contributed by atoms with Gasteiger partial charge >= 0.3 is 0 Å². The summed E-state index contributed by atoms with van der Waals surface area (Å²) in [7, 11) is 0. The van der Waals surface area contributed by atoms with Gasteiger partial charge in [0.25, 0.3) is 5.91 Å². The second-order valence-corrected chi connectivity index (χ2v) is 7.66. The van der Waals surface area contributed by atoms with Crippen LogP contribution in [-0.2, 0) is 0 Å². The van der Waals surface area contributed by atoms with Gasteiger partial charge in [0.1, 0.15) is 5.69 Å². The Labute approximate surface area is 126 Å². The van der Waals surface area contributed by atoms with Crippen LogP contribution >= 0.6 is 27.7 Å². The Bertz CT molecular complexity index is 484. The molecule has 1 aliphatic heterocycles. The van der Waals surface area contributed by atoms with Gasteiger partial charge in [0.2, 0.25) is 0 Å². The predicted molar refractivity (Wildman–Crippen MR) is 82.8 cm³/mol. The molecule has 1 aromatic heterocycles. The highest BCUT2D eigenvalue weighted by molar-refractivity contribution is 9.10. The van der Waals surface area contributed by atoms with E-state index in [0.29, 0.717) is 11.3 Å². The minimum atomic E-state index is 0.205. The molecule has 5 heteroatoms. The van der Waals surface area contributed by atoms with E-state index < -0.39 is 0 Å². The molecule has 0 bridgehead atoms. The number of aromatic nitrogens is 1. The first-order valence-electron chi connectivity index (χ1n) is 6.97. The molecule has 3 nitrogen and oxygen atoms in total. The Hall–Kier alpha value is -0.420. The summed E-state index contributed by atoms with van der Waals surface area (Å²) in [5.74, 6) is 1.27. The molecular formula is C14H19BrN2OS. The highest BCUT2D eigenvalue weighted by atomic mass is 79.9. The van der Waals surface area contributed by atoms with Crippen LogP contribution in [0.1, 0.15) is 42.7 Å². The molecule has 2 heterocycles. The zero-order valence-corrected chi connectivity index (χ0v) is 13.5. The van der Waals surface area contributed by atoms with Crippen molar-refractivity contribution in [1.82, 2.24) is 9.47 Å². The van der Waals surface area contributed by atoms with Crippen molar-refractivity contribution in [2.75, 3.05) is 18.8 Å². The second-order valence-electron chi connectivity index (χ2n) is 5.33. The van der Waals surface area contributed by atoms with Gasteiger partial charge in [-0.3, -0.25) is 4.79 Å². The molecule has 1 saturated heterocycles. The van der Waals surface area contributed by atoms with Gasteiger partial charge in [-0.15, -0.1) is 0 Å². The number of rotatable bonds is 3. The van der Waals surface area contributed by atoms with Gasteiger partial charge < -0.3 is 9.47 Å². The number of carbonyl (C=O) groups is 1. The third-order valence-electron chi connectivity index (χ3n) is 3.86. The second kappa shape index (κ2) is 5.52. The molecule has 1 aromatic rings. The lowest BCUT2D eigenvalue weighted by atomic mass is 10.2. The van der Waals surface area contributed by atoms with Crippen LogP contribution in [0.25, 0.3) is 0 Å². The molecule has 1 saturated carbocycles. The van der Waals surface area contributed by atoms with E-state index in [1.807, 2.05) is 22.7 Å². The predicted octanol–water partition coefficient (Wildman–Crippen LogP) is 3.55. The van der Waals surface area contributed by atoms with E-state index in [9.17, 15) is 4.79 Å². The fourth-order valence-corrected chi connectivity index (χ4v) is 4.20. The molecule has 1 aliphatic carbocycles. The molecular weight excluding hydrogens is 324 g/mol. The molecule has 19 heavy (non-hydrogen) atoms. The molecule has 1 atom stereocenters. The SMILES string of the molecule is CCC1CN(C(=O)c2cc(Br)cn2C2CC2)CCS1. The quantitative estimate of drug-likeness (QED) is 0.839. The molecule has 3 rings (SSSR count). The van der Waals surface area contributed by atoms with Crippen molar-refractivity contribution in [2.45, 2.75) is 37.5 Å². The largest absolute Gasteiger partial charge is 0.339 e. The third-order valence-corrected chi connectivity index (χ3v) is 5.66. The number of nitrogens with zero attached hydrogens (tertiary/aromatic N) is 2. The summed E-state index contributed by atoms with van der Waals surface area (Å²) in [4.78, 5) is 14.7. The lowest BCUT2D eigenvalue weighted by Crippen LogP contribution is -2.42. The first-order valence-corrected chi connectivity index (χ1v) is 8.81. The molecule has 2 aliphatic rings. The molecule has 2 fully saturated rings. The van der Waals surface area contributed by atoms with Crippen LogP contribution in [0.4, 0.5) is 0 Å². The molecule has 1 unspecified atom stereocenters. The van der Waals surface area contributed by atoms with Crippen molar-refractivity contribution < 1.29 is 4.79 Å². The van der Waals surface area contributed by atoms with Crippen LogP contribution < -0.4 is 0 Å². The molecule has 1 amide bonds. The standard InChI is InChI=1S/C14H19BrN2OS/c1-2-12-9-16(5-6-19-12)14(18)13-7-10(15)8-17(13)11-3-4-11/h7-8,11-12H,2-6,9H2,1H3. The van der Waals surface area contributed by atoms with E-state index in [4.69, 9.17) is 0 Å². The Kier molecular flexibility index (Phi) is 3.94. The fourth-order valence-electron chi connectivity index (χ4n) is 2.58. The summed E-state index contributed by atoms with van der Waals surface area (Å²) in [6.07, 6.45) is 5.60. The van der Waals surface area contributed by atoms with Crippen molar-refractivity contribution in [3.05, 3.63) is 22.4 Å². The maximum absolute atomic E-state index is 12.7. The number of amides is 1. The van der Waals surface area contributed by atoms with E-state index in [0.717, 1.165) is 35.4 Å². The molecule has 0 N–H and O–H groups in total. The summed E-state index contributed by atoms with van der Waals surface area (Å²) in [5.41, 5.74) is 0.858. The van der Waals surface area contributed by atoms with E-state index >= 15 is 0 Å². The summed E-state index contributed by atoms with van der Waals surface area (Å²) in [6.45, 7) is 3.98. The maximum Gasteiger partial charge on any atom is 0.270 e. The van der Waals surface area contributed by atoms with E-state index in [2.05, 4.69) is 33.6 Å². The number of hydrogen-bond donors (Lipinski definition) is 0. The minimum absolute atomic E-state index is 0.205. The Morgan fingerprint density at radius 2 is 2.32 bits per heavy atom. The number of halogens is 1. The number of thioether (sulfide) groups is 1. The minimum Gasteiger partial charge on any atom is -0.339 e. The van der Waals surface area contributed by atoms with Crippen molar-refractivity contribution in [1.29, 1.82) is 0 Å². The van der Waals surface area contributed by atoms with E-state index in [-0.39, 0.29) is 5.91 Å². The zero-order valence-electron chi connectivity index (χ0n) is 11.1. The smallest absolute Gasteiger partial charge is 0.270 e. The highest BCUT2D eigenvalue weighted by Crippen LogP contribution is 2.38. The molecule has 0 spiro atoms. The third kappa shape index (κ3) is 2.87. The number of hydrogen-bond acceptors (Lipinski definition) is 2. The van der Waals surface area contributed by atoms with Gasteiger partial charge in [-0.25, -0.2) is 0 Å². The van der Waals surface area contributed by atoms with Gasteiger partial charge in [0, 0.05) is 40.8 Å². The summed E-state index contributed by atoms with van der Waals surface area (Å²) < 4.78 is 3.18. The lowest BCUT2D eigenvalue weighted by molar-refractivity contribution is 0.0750. The first-order chi connectivity index (χ1) is 9.19. The van der Waals surface area contributed by atoms with Gasteiger partial charge in [-0.2, -0.15) is 11.8 Å². The van der Waals surface area contributed by atoms with Crippen LogP contribution in [0.3, 0.4) is 0 Å².